The first-order valence-corrected chi connectivity index (χ1v) is 11.7. The van der Waals surface area contributed by atoms with Gasteiger partial charge in [0.25, 0.3) is 0 Å². The Hall–Kier alpha value is -3.39. The Labute approximate surface area is 197 Å². The summed E-state index contributed by atoms with van der Waals surface area (Å²) in [5, 5.41) is 23.7. The molecule has 0 bridgehead atoms. The molecule has 2 fully saturated rings. The van der Waals surface area contributed by atoms with E-state index in [2.05, 4.69) is 34.9 Å². The van der Waals surface area contributed by atoms with Gasteiger partial charge in [-0.2, -0.15) is 0 Å². The van der Waals surface area contributed by atoms with Crippen LogP contribution in [0.3, 0.4) is 0 Å². The molecule has 2 aromatic rings. The van der Waals surface area contributed by atoms with Gasteiger partial charge < -0.3 is 25.6 Å². The number of aliphatic carboxylic acids is 1. The van der Waals surface area contributed by atoms with E-state index in [1.807, 2.05) is 24.3 Å². The van der Waals surface area contributed by atoms with E-state index in [9.17, 15) is 19.5 Å². The summed E-state index contributed by atoms with van der Waals surface area (Å²) in [6, 6.07) is 15.0. The lowest BCUT2D eigenvalue weighted by molar-refractivity contribution is -0.143. The zero-order valence-corrected chi connectivity index (χ0v) is 18.7. The quantitative estimate of drug-likeness (QED) is 0.476. The first kappa shape index (κ1) is 22.4. The molecular formula is C26H28N2O6. The summed E-state index contributed by atoms with van der Waals surface area (Å²) in [5.74, 6) is -1.38. The Bertz CT molecular complexity index is 1090. The van der Waals surface area contributed by atoms with Crippen molar-refractivity contribution >= 4 is 18.0 Å². The van der Waals surface area contributed by atoms with Crippen molar-refractivity contribution in [1.29, 1.82) is 0 Å². The summed E-state index contributed by atoms with van der Waals surface area (Å²) in [7, 11) is 0. The van der Waals surface area contributed by atoms with Gasteiger partial charge in [-0.1, -0.05) is 48.5 Å². The van der Waals surface area contributed by atoms with E-state index in [4.69, 9.17) is 9.84 Å². The standard InChI is InChI=1S/C26H28N2O6/c29-10-9-22(23(30)31)28-24(32)26-12-15(26)11-16(13-26)27-25(33)34-14-21-19-7-3-1-5-17(19)18-6-2-4-8-20(18)21/h1-8,15-16,21-22,29H,9-14H2,(H,27,33)(H,28,32)(H,30,31)/t15-,16+,22-,26+/m0/s1. The molecule has 34 heavy (non-hydrogen) atoms. The number of carboxylic acid groups (broad SMARTS) is 1. The lowest BCUT2D eigenvalue weighted by Crippen LogP contribution is -2.45. The summed E-state index contributed by atoms with van der Waals surface area (Å²) in [6.07, 6.45) is 1.26. The highest BCUT2D eigenvalue weighted by Crippen LogP contribution is 2.63. The van der Waals surface area contributed by atoms with Gasteiger partial charge >= 0.3 is 12.1 Å². The monoisotopic (exact) mass is 464 g/mol. The van der Waals surface area contributed by atoms with Crippen LogP contribution in [0.5, 0.6) is 0 Å². The normalized spacial score (nSPS) is 25.0. The Morgan fingerprint density at radius 1 is 1.03 bits per heavy atom. The van der Waals surface area contributed by atoms with E-state index < -0.39 is 23.5 Å². The lowest BCUT2D eigenvalue weighted by Gasteiger charge is -2.21. The van der Waals surface area contributed by atoms with Crippen molar-refractivity contribution in [2.75, 3.05) is 13.2 Å². The van der Waals surface area contributed by atoms with Crippen LogP contribution in [0.2, 0.25) is 0 Å². The van der Waals surface area contributed by atoms with Crippen LogP contribution in [0.15, 0.2) is 48.5 Å². The number of aliphatic hydroxyl groups is 1. The van der Waals surface area contributed by atoms with Crippen LogP contribution in [-0.4, -0.2) is 53.5 Å². The minimum absolute atomic E-state index is 0.0215. The van der Waals surface area contributed by atoms with Gasteiger partial charge in [0.05, 0.1) is 5.41 Å². The van der Waals surface area contributed by atoms with Gasteiger partial charge in [-0.3, -0.25) is 4.79 Å². The maximum Gasteiger partial charge on any atom is 0.407 e. The van der Waals surface area contributed by atoms with Crippen LogP contribution >= 0.6 is 0 Å². The van der Waals surface area contributed by atoms with Crippen molar-refractivity contribution < 1.29 is 29.3 Å². The third kappa shape index (κ3) is 3.92. The van der Waals surface area contributed by atoms with Crippen molar-refractivity contribution in [1.82, 2.24) is 10.6 Å². The van der Waals surface area contributed by atoms with E-state index in [0.717, 1.165) is 22.3 Å². The van der Waals surface area contributed by atoms with Crippen LogP contribution < -0.4 is 10.6 Å². The lowest BCUT2D eigenvalue weighted by atomic mass is 9.98. The summed E-state index contributed by atoms with van der Waals surface area (Å²) in [4.78, 5) is 36.7. The predicted octanol–water partition coefficient (Wildman–Crippen LogP) is 2.65. The molecule has 3 aliphatic rings. The molecule has 4 N–H and O–H groups in total. The van der Waals surface area contributed by atoms with Crippen molar-refractivity contribution in [3.63, 3.8) is 0 Å². The van der Waals surface area contributed by atoms with Crippen molar-refractivity contribution in [3.8, 4) is 11.1 Å². The zero-order valence-electron chi connectivity index (χ0n) is 18.7. The van der Waals surface area contributed by atoms with Crippen LogP contribution in [0, 0.1) is 11.3 Å². The summed E-state index contributed by atoms with van der Waals surface area (Å²) >= 11 is 0. The molecule has 0 heterocycles. The number of ether oxygens (including phenoxy) is 1. The minimum atomic E-state index is -1.16. The molecule has 8 heteroatoms. The number of carbonyl (C=O) groups is 3. The van der Waals surface area contributed by atoms with Crippen LogP contribution in [0.25, 0.3) is 11.1 Å². The fourth-order valence-corrected chi connectivity index (χ4v) is 5.78. The summed E-state index contributed by atoms with van der Waals surface area (Å²) in [5.41, 5.74) is 3.98. The smallest absolute Gasteiger partial charge is 0.407 e. The third-order valence-electron chi connectivity index (χ3n) is 7.55. The van der Waals surface area contributed by atoms with Crippen LogP contribution in [-0.2, 0) is 14.3 Å². The van der Waals surface area contributed by atoms with E-state index >= 15 is 0 Å². The number of amides is 2. The molecule has 0 aliphatic heterocycles. The molecule has 0 radical (unpaired) electrons. The summed E-state index contributed by atoms with van der Waals surface area (Å²) in [6.45, 7) is -0.0945. The molecule has 2 amide bonds. The predicted molar refractivity (Wildman–Crippen MR) is 123 cm³/mol. The second-order valence-electron chi connectivity index (χ2n) is 9.54. The number of hydrogen-bond donors (Lipinski definition) is 4. The molecule has 0 saturated heterocycles. The van der Waals surface area contributed by atoms with E-state index in [-0.39, 0.29) is 43.4 Å². The highest BCUT2D eigenvalue weighted by atomic mass is 16.5. The van der Waals surface area contributed by atoms with Crippen LogP contribution in [0.4, 0.5) is 4.79 Å². The Morgan fingerprint density at radius 3 is 2.29 bits per heavy atom. The minimum Gasteiger partial charge on any atom is -0.480 e. The molecule has 178 valence electrons. The Morgan fingerprint density at radius 2 is 1.68 bits per heavy atom. The number of fused-ring (bicyclic) bond motifs is 4. The van der Waals surface area contributed by atoms with Gasteiger partial charge in [0.15, 0.2) is 0 Å². The number of aliphatic hydroxyl groups excluding tert-OH is 1. The van der Waals surface area contributed by atoms with Gasteiger partial charge in [0, 0.05) is 25.0 Å². The zero-order chi connectivity index (χ0) is 23.9. The van der Waals surface area contributed by atoms with Crippen LogP contribution in [0.1, 0.15) is 42.7 Å². The molecule has 0 spiro atoms. The molecular weight excluding hydrogens is 436 g/mol. The van der Waals surface area contributed by atoms with Gasteiger partial charge in [-0.15, -0.1) is 0 Å². The topological polar surface area (TPSA) is 125 Å². The number of carboxylic acids is 1. The Kier molecular flexibility index (Phi) is 5.77. The van der Waals surface area contributed by atoms with E-state index in [1.54, 1.807) is 0 Å². The van der Waals surface area contributed by atoms with Gasteiger partial charge in [0.1, 0.15) is 12.6 Å². The van der Waals surface area contributed by atoms with Crippen molar-refractivity contribution in [2.45, 2.75) is 43.7 Å². The number of hydrogen-bond acceptors (Lipinski definition) is 5. The molecule has 0 aromatic heterocycles. The fourth-order valence-electron chi connectivity index (χ4n) is 5.78. The second-order valence-corrected chi connectivity index (χ2v) is 9.54. The third-order valence-corrected chi connectivity index (χ3v) is 7.55. The maximum atomic E-state index is 12.8. The molecule has 0 unspecified atom stereocenters. The number of nitrogens with one attached hydrogen (secondary N) is 2. The molecule has 8 nitrogen and oxygen atoms in total. The summed E-state index contributed by atoms with van der Waals surface area (Å²) < 4.78 is 5.62. The molecule has 2 saturated carbocycles. The van der Waals surface area contributed by atoms with Gasteiger partial charge in [-0.05, 0) is 47.4 Å². The number of carbonyl (C=O) groups excluding carboxylic acids is 2. The maximum absolute atomic E-state index is 12.8. The number of benzene rings is 2. The molecule has 2 aromatic carbocycles. The molecule has 5 rings (SSSR count). The first-order chi connectivity index (χ1) is 16.4. The molecule has 4 atom stereocenters. The highest BCUT2D eigenvalue weighted by Gasteiger charge is 2.65. The van der Waals surface area contributed by atoms with Crippen molar-refractivity contribution in [2.24, 2.45) is 11.3 Å². The SMILES string of the molecule is O=C(N[C@@H]1C[C@H]2C[C@@]2(C(=O)N[C@@H](CCO)C(=O)O)C1)OCC1c2ccccc2-c2ccccc21. The average molecular weight is 465 g/mol. The Balaban J connectivity index is 1.17. The molecule has 3 aliphatic carbocycles. The van der Waals surface area contributed by atoms with Gasteiger partial charge in [-0.25, -0.2) is 9.59 Å². The van der Waals surface area contributed by atoms with E-state index in [0.29, 0.717) is 19.3 Å². The van der Waals surface area contributed by atoms with E-state index in [1.165, 1.54) is 0 Å². The first-order valence-electron chi connectivity index (χ1n) is 11.7. The number of alkyl carbamates (subject to hydrolysis) is 1. The average Bonchev–Trinajstić information content (AvgIpc) is 3.25. The fraction of sp³-hybridized carbons (Fsp3) is 0.423. The van der Waals surface area contributed by atoms with Gasteiger partial charge in [0.2, 0.25) is 5.91 Å². The second kappa shape index (κ2) is 8.76. The largest absolute Gasteiger partial charge is 0.480 e. The number of rotatable bonds is 8. The van der Waals surface area contributed by atoms with Crippen molar-refractivity contribution in [3.05, 3.63) is 59.7 Å². The highest BCUT2D eigenvalue weighted by molar-refractivity contribution is 5.90.